The van der Waals surface area contributed by atoms with Crippen LogP contribution in [-0.4, -0.2) is 31.0 Å². The maximum Gasteiger partial charge on any atom is 0.300 e. The summed E-state index contributed by atoms with van der Waals surface area (Å²) in [7, 11) is 3.10. The largest absolute Gasteiger partial charge is 0.507 e. The topological polar surface area (TPSA) is 76.1 Å². The van der Waals surface area contributed by atoms with Crippen molar-refractivity contribution in [3.63, 3.8) is 0 Å². The third kappa shape index (κ3) is 3.81. The first kappa shape index (κ1) is 23.1. The molecule has 0 radical (unpaired) electrons. The Morgan fingerprint density at radius 1 is 0.853 bits per heavy atom. The lowest BCUT2D eigenvalue weighted by Gasteiger charge is -2.27. The Morgan fingerprint density at radius 3 is 2.24 bits per heavy atom. The zero-order valence-corrected chi connectivity index (χ0v) is 19.9. The summed E-state index contributed by atoms with van der Waals surface area (Å²) < 4.78 is 10.8. The van der Waals surface area contributed by atoms with Gasteiger partial charge < -0.3 is 14.6 Å². The van der Waals surface area contributed by atoms with E-state index in [1.165, 1.54) is 12.0 Å². The predicted octanol–water partition coefficient (Wildman–Crippen LogP) is 5.26. The maximum atomic E-state index is 13.4. The number of aryl methyl sites for hydroxylation is 3. The highest BCUT2D eigenvalue weighted by molar-refractivity contribution is 6.51. The van der Waals surface area contributed by atoms with Gasteiger partial charge in [0.2, 0.25) is 0 Å². The Labute approximate surface area is 199 Å². The second-order valence-electron chi connectivity index (χ2n) is 8.36. The summed E-state index contributed by atoms with van der Waals surface area (Å²) in [6.45, 7) is 5.75. The molecule has 4 rings (SSSR count). The quantitative estimate of drug-likeness (QED) is 0.322. The van der Waals surface area contributed by atoms with E-state index in [0.717, 1.165) is 11.1 Å². The number of rotatable bonds is 5. The number of hydrogen-bond acceptors (Lipinski definition) is 5. The number of hydrogen-bond donors (Lipinski definition) is 1. The maximum absolute atomic E-state index is 13.4. The van der Waals surface area contributed by atoms with Crippen molar-refractivity contribution < 1.29 is 24.2 Å². The zero-order chi connectivity index (χ0) is 24.6. The van der Waals surface area contributed by atoms with Crippen molar-refractivity contribution in [3.05, 3.63) is 94.1 Å². The standard InChI is InChI=1S/C28H27NO5/c1-16-10-11-19(14-17(16)2)29-25(22-8-6-7-9-23(22)34-5)24(27(31)28(29)32)26(30)21-13-12-20(33-4)15-18(21)3/h6-15,25,30H,1-5H3/b26-24+. The van der Waals surface area contributed by atoms with Gasteiger partial charge in [0.1, 0.15) is 17.3 Å². The van der Waals surface area contributed by atoms with Crippen LogP contribution in [0.1, 0.15) is 33.9 Å². The van der Waals surface area contributed by atoms with Gasteiger partial charge in [0.25, 0.3) is 11.7 Å². The number of benzene rings is 3. The monoisotopic (exact) mass is 457 g/mol. The van der Waals surface area contributed by atoms with Gasteiger partial charge in [-0.2, -0.15) is 0 Å². The fourth-order valence-electron chi connectivity index (χ4n) is 4.33. The number of amides is 1. The summed E-state index contributed by atoms with van der Waals surface area (Å²) in [5.41, 5.74) is 4.43. The Hall–Kier alpha value is -4.06. The minimum atomic E-state index is -0.861. The minimum absolute atomic E-state index is 0.0148. The first-order valence-electron chi connectivity index (χ1n) is 10.9. The fraction of sp³-hybridized carbons (Fsp3) is 0.214. The summed E-state index contributed by atoms with van der Waals surface area (Å²) in [4.78, 5) is 28.2. The number of carbonyl (C=O) groups is 2. The van der Waals surface area contributed by atoms with Gasteiger partial charge in [0.05, 0.1) is 25.8 Å². The van der Waals surface area contributed by atoms with E-state index in [-0.39, 0.29) is 11.3 Å². The Balaban J connectivity index is 2.00. The van der Waals surface area contributed by atoms with Crippen molar-refractivity contribution in [1.82, 2.24) is 0 Å². The summed E-state index contributed by atoms with van der Waals surface area (Å²) in [6.07, 6.45) is 0. The van der Waals surface area contributed by atoms with Crippen LogP contribution in [0.4, 0.5) is 5.69 Å². The average molecular weight is 458 g/mol. The highest BCUT2D eigenvalue weighted by Gasteiger charge is 2.48. The Kier molecular flexibility index (Phi) is 6.16. The van der Waals surface area contributed by atoms with Gasteiger partial charge in [0, 0.05) is 16.8 Å². The van der Waals surface area contributed by atoms with E-state index >= 15 is 0 Å². The summed E-state index contributed by atoms with van der Waals surface area (Å²) in [5.74, 6) is -0.541. The van der Waals surface area contributed by atoms with Crippen molar-refractivity contribution in [2.75, 3.05) is 19.1 Å². The molecular formula is C28H27NO5. The van der Waals surface area contributed by atoms with E-state index < -0.39 is 17.7 Å². The molecule has 1 heterocycles. The van der Waals surface area contributed by atoms with E-state index in [2.05, 4.69) is 0 Å². The van der Waals surface area contributed by atoms with Crippen LogP contribution < -0.4 is 14.4 Å². The van der Waals surface area contributed by atoms with Gasteiger partial charge in [-0.25, -0.2) is 0 Å². The number of carbonyl (C=O) groups excluding carboxylic acids is 2. The molecule has 6 nitrogen and oxygen atoms in total. The normalized spacial score (nSPS) is 17.2. The van der Waals surface area contributed by atoms with Crippen LogP contribution in [0.5, 0.6) is 11.5 Å². The van der Waals surface area contributed by atoms with Crippen molar-refractivity contribution >= 4 is 23.1 Å². The number of ether oxygens (including phenoxy) is 2. The molecule has 0 aliphatic carbocycles. The molecule has 1 fully saturated rings. The number of ketones is 1. The molecule has 1 saturated heterocycles. The van der Waals surface area contributed by atoms with Gasteiger partial charge in [-0.15, -0.1) is 0 Å². The van der Waals surface area contributed by atoms with Crippen molar-refractivity contribution in [2.24, 2.45) is 0 Å². The number of aliphatic hydroxyl groups excluding tert-OH is 1. The van der Waals surface area contributed by atoms with E-state index in [4.69, 9.17) is 9.47 Å². The molecule has 1 aliphatic rings. The SMILES string of the molecule is COc1ccc(/C(O)=C2\C(=O)C(=O)N(c3ccc(C)c(C)c3)C2c2ccccc2OC)c(C)c1. The first-order valence-corrected chi connectivity index (χ1v) is 10.9. The number of methoxy groups -OCH3 is 2. The second kappa shape index (κ2) is 9.06. The van der Waals surface area contributed by atoms with Crippen LogP contribution in [0.25, 0.3) is 5.76 Å². The summed E-state index contributed by atoms with van der Waals surface area (Å²) in [5, 5.41) is 11.4. The van der Waals surface area contributed by atoms with Crippen molar-refractivity contribution in [1.29, 1.82) is 0 Å². The van der Waals surface area contributed by atoms with Crippen LogP contribution in [0.2, 0.25) is 0 Å². The molecule has 1 unspecified atom stereocenters. The van der Waals surface area contributed by atoms with E-state index in [9.17, 15) is 14.7 Å². The number of anilines is 1. The van der Waals surface area contributed by atoms with Gasteiger partial charge in [-0.3, -0.25) is 14.5 Å². The van der Waals surface area contributed by atoms with Gasteiger partial charge in [-0.1, -0.05) is 24.3 Å². The third-order valence-electron chi connectivity index (χ3n) is 6.34. The average Bonchev–Trinajstić information content (AvgIpc) is 3.10. The molecule has 1 N–H and O–H groups in total. The molecule has 6 heteroatoms. The lowest BCUT2D eigenvalue weighted by Crippen LogP contribution is -2.29. The van der Waals surface area contributed by atoms with Gasteiger partial charge >= 0.3 is 0 Å². The van der Waals surface area contributed by atoms with Crippen LogP contribution in [0, 0.1) is 20.8 Å². The number of Topliss-reactive ketones (excluding diaryl/α,β-unsaturated/α-hetero) is 1. The smallest absolute Gasteiger partial charge is 0.300 e. The molecular weight excluding hydrogens is 430 g/mol. The zero-order valence-electron chi connectivity index (χ0n) is 19.9. The van der Waals surface area contributed by atoms with Crippen molar-refractivity contribution in [2.45, 2.75) is 26.8 Å². The van der Waals surface area contributed by atoms with Gasteiger partial charge in [-0.05, 0) is 73.9 Å². The molecule has 3 aromatic rings. The lowest BCUT2D eigenvalue weighted by molar-refractivity contribution is -0.132. The molecule has 1 atom stereocenters. The van der Waals surface area contributed by atoms with Gasteiger partial charge in [0.15, 0.2) is 0 Å². The second-order valence-corrected chi connectivity index (χ2v) is 8.36. The first-order chi connectivity index (χ1) is 16.3. The lowest BCUT2D eigenvalue weighted by atomic mass is 9.93. The Morgan fingerprint density at radius 2 is 1.59 bits per heavy atom. The molecule has 0 saturated carbocycles. The van der Waals surface area contributed by atoms with Crippen LogP contribution in [0.3, 0.4) is 0 Å². The van der Waals surface area contributed by atoms with Crippen molar-refractivity contribution in [3.8, 4) is 11.5 Å². The van der Waals surface area contributed by atoms with E-state index in [1.54, 1.807) is 37.4 Å². The third-order valence-corrected chi connectivity index (χ3v) is 6.34. The molecule has 0 spiro atoms. The molecule has 174 valence electrons. The highest BCUT2D eigenvalue weighted by atomic mass is 16.5. The van der Waals surface area contributed by atoms with Crippen LogP contribution in [-0.2, 0) is 9.59 Å². The van der Waals surface area contributed by atoms with Crippen LogP contribution >= 0.6 is 0 Å². The molecule has 1 aliphatic heterocycles. The number of para-hydroxylation sites is 1. The minimum Gasteiger partial charge on any atom is -0.507 e. The predicted molar refractivity (Wildman–Crippen MR) is 131 cm³/mol. The number of aliphatic hydroxyl groups is 1. The molecule has 1 amide bonds. The number of nitrogens with zero attached hydrogens (tertiary/aromatic N) is 1. The molecule has 34 heavy (non-hydrogen) atoms. The molecule has 0 aromatic heterocycles. The summed E-state index contributed by atoms with van der Waals surface area (Å²) in [6, 6.07) is 17.1. The summed E-state index contributed by atoms with van der Waals surface area (Å²) >= 11 is 0. The van der Waals surface area contributed by atoms with E-state index in [0.29, 0.717) is 33.9 Å². The molecule has 0 bridgehead atoms. The Bertz CT molecular complexity index is 1320. The van der Waals surface area contributed by atoms with E-state index in [1.807, 2.05) is 51.1 Å². The fourth-order valence-corrected chi connectivity index (χ4v) is 4.33. The van der Waals surface area contributed by atoms with Crippen LogP contribution in [0.15, 0.2) is 66.2 Å². The molecule has 3 aromatic carbocycles. The highest BCUT2D eigenvalue weighted by Crippen LogP contribution is 2.45.